The number of carbonyl (C=O) groups is 1. The SMILES string of the molecule is Cc1cc(C)n2nc(SCc3ccccc3C(=O)N3CCCc4ccccc43)nc2n1. The lowest BCUT2D eigenvalue weighted by atomic mass is 10.00. The number of aromatic nitrogens is 4. The van der Waals surface area contributed by atoms with Crippen molar-refractivity contribution in [2.45, 2.75) is 37.6 Å². The van der Waals surface area contributed by atoms with E-state index in [0.717, 1.165) is 47.6 Å². The number of rotatable bonds is 4. The monoisotopic (exact) mass is 429 g/mol. The van der Waals surface area contributed by atoms with E-state index in [0.29, 0.717) is 16.7 Å². The highest BCUT2D eigenvalue weighted by Gasteiger charge is 2.25. The highest BCUT2D eigenvalue weighted by Crippen LogP contribution is 2.30. The van der Waals surface area contributed by atoms with Crippen LogP contribution in [-0.2, 0) is 12.2 Å². The second-order valence-corrected chi connectivity index (χ2v) is 8.72. The molecule has 0 unspecified atom stereocenters. The number of thioether (sulfide) groups is 1. The van der Waals surface area contributed by atoms with Crippen molar-refractivity contribution in [2.75, 3.05) is 11.4 Å². The topological polar surface area (TPSA) is 63.4 Å². The second kappa shape index (κ2) is 8.15. The van der Waals surface area contributed by atoms with Gasteiger partial charge in [0.25, 0.3) is 11.7 Å². The van der Waals surface area contributed by atoms with Gasteiger partial charge >= 0.3 is 0 Å². The van der Waals surface area contributed by atoms with Crippen LogP contribution >= 0.6 is 11.8 Å². The lowest BCUT2D eigenvalue weighted by Gasteiger charge is -2.30. The van der Waals surface area contributed by atoms with E-state index in [9.17, 15) is 4.79 Å². The number of fused-ring (bicyclic) bond motifs is 2. The molecule has 0 fully saturated rings. The molecule has 0 saturated carbocycles. The zero-order valence-corrected chi connectivity index (χ0v) is 18.4. The number of nitrogens with zero attached hydrogens (tertiary/aromatic N) is 5. The molecule has 0 atom stereocenters. The summed E-state index contributed by atoms with van der Waals surface area (Å²) >= 11 is 1.52. The molecule has 0 saturated heterocycles. The van der Waals surface area contributed by atoms with Crippen LogP contribution in [0.5, 0.6) is 0 Å². The highest BCUT2D eigenvalue weighted by molar-refractivity contribution is 7.98. The van der Waals surface area contributed by atoms with Crippen molar-refractivity contribution in [2.24, 2.45) is 0 Å². The van der Waals surface area contributed by atoms with Crippen LogP contribution < -0.4 is 4.90 Å². The van der Waals surface area contributed by atoms with Gasteiger partial charge in [0, 0.05) is 34.9 Å². The molecule has 1 aliphatic rings. The maximum Gasteiger partial charge on any atom is 0.258 e. The number of hydrogen-bond donors (Lipinski definition) is 0. The van der Waals surface area contributed by atoms with E-state index < -0.39 is 0 Å². The first-order valence-electron chi connectivity index (χ1n) is 10.4. The summed E-state index contributed by atoms with van der Waals surface area (Å²) in [7, 11) is 0. The average molecular weight is 430 g/mol. The third kappa shape index (κ3) is 3.81. The van der Waals surface area contributed by atoms with Gasteiger partial charge in [-0.1, -0.05) is 48.2 Å². The summed E-state index contributed by atoms with van der Waals surface area (Å²) in [6.07, 6.45) is 2.00. The van der Waals surface area contributed by atoms with Crippen LogP contribution in [0.4, 0.5) is 5.69 Å². The molecule has 31 heavy (non-hydrogen) atoms. The van der Waals surface area contributed by atoms with Gasteiger partial charge in [-0.3, -0.25) is 4.79 Å². The summed E-state index contributed by atoms with van der Waals surface area (Å²) in [4.78, 5) is 24.4. The lowest BCUT2D eigenvalue weighted by Crippen LogP contribution is -2.35. The first-order valence-corrected chi connectivity index (χ1v) is 11.4. The van der Waals surface area contributed by atoms with E-state index in [1.807, 2.05) is 67.3 Å². The lowest BCUT2D eigenvalue weighted by molar-refractivity contribution is 0.0984. The van der Waals surface area contributed by atoms with Gasteiger partial charge in [0.05, 0.1) is 0 Å². The second-order valence-electron chi connectivity index (χ2n) is 7.78. The molecule has 5 rings (SSSR count). The van der Waals surface area contributed by atoms with Crippen LogP contribution in [0.25, 0.3) is 5.78 Å². The van der Waals surface area contributed by atoms with Crippen molar-refractivity contribution < 1.29 is 4.79 Å². The summed E-state index contributed by atoms with van der Waals surface area (Å²) in [6.45, 7) is 4.69. The Hall–Kier alpha value is -3.19. The van der Waals surface area contributed by atoms with E-state index in [1.165, 1.54) is 17.3 Å². The molecule has 0 aliphatic carbocycles. The molecule has 0 spiro atoms. The summed E-state index contributed by atoms with van der Waals surface area (Å²) in [6, 6.07) is 18.0. The van der Waals surface area contributed by atoms with Gasteiger partial charge < -0.3 is 4.90 Å². The normalized spacial score (nSPS) is 13.4. The zero-order valence-electron chi connectivity index (χ0n) is 17.6. The minimum atomic E-state index is 0.0550. The van der Waals surface area contributed by atoms with Crippen molar-refractivity contribution in [3.8, 4) is 0 Å². The van der Waals surface area contributed by atoms with Crippen molar-refractivity contribution >= 4 is 29.1 Å². The largest absolute Gasteiger partial charge is 0.308 e. The quantitative estimate of drug-likeness (QED) is 0.443. The third-order valence-corrected chi connectivity index (χ3v) is 6.45. The maximum atomic E-state index is 13.5. The molecule has 0 N–H and O–H groups in total. The Morgan fingerprint density at radius 1 is 1.06 bits per heavy atom. The number of amides is 1. The molecule has 156 valence electrons. The Balaban J connectivity index is 1.40. The summed E-state index contributed by atoms with van der Waals surface area (Å²) in [5, 5.41) is 5.23. The van der Waals surface area contributed by atoms with Crippen molar-refractivity contribution in [1.82, 2.24) is 19.6 Å². The van der Waals surface area contributed by atoms with Crippen molar-refractivity contribution in [3.63, 3.8) is 0 Å². The zero-order chi connectivity index (χ0) is 21.4. The van der Waals surface area contributed by atoms with Crippen molar-refractivity contribution in [3.05, 3.63) is 82.7 Å². The van der Waals surface area contributed by atoms with Crippen LogP contribution in [0.2, 0.25) is 0 Å². The molecular formula is C24H23N5OS. The van der Waals surface area contributed by atoms with Crippen LogP contribution in [0.3, 0.4) is 0 Å². The Labute approximate surface area is 185 Å². The smallest absolute Gasteiger partial charge is 0.258 e. The fourth-order valence-corrected chi connectivity index (χ4v) is 4.92. The van der Waals surface area contributed by atoms with Gasteiger partial charge in [-0.2, -0.15) is 4.98 Å². The van der Waals surface area contributed by atoms with Crippen LogP contribution in [0.1, 0.15) is 39.3 Å². The summed E-state index contributed by atoms with van der Waals surface area (Å²) in [5.74, 6) is 1.28. The van der Waals surface area contributed by atoms with Gasteiger partial charge in [-0.15, -0.1) is 5.10 Å². The molecular weight excluding hydrogens is 406 g/mol. The predicted octanol–water partition coefficient (Wildman–Crippen LogP) is 4.63. The molecule has 0 bridgehead atoms. The van der Waals surface area contributed by atoms with Crippen LogP contribution in [0, 0.1) is 13.8 Å². The van der Waals surface area contributed by atoms with E-state index in [1.54, 1.807) is 4.52 Å². The summed E-state index contributed by atoms with van der Waals surface area (Å²) < 4.78 is 1.76. The minimum absolute atomic E-state index is 0.0550. The maximum absolute atomic E-state index is 13.5. The number of para-hydroxylation sites is 1. The van der Waals surface area contributed by atoms with Crippen LogP contribution in [-0.4, -0.2) is 32.0 Å². The number of anilines is 1. The fraction of sp³-hybridized carbons (Fsp3) is 0.250. The van der Waals surface area contributed by atoms with Gasteiger partial charge in [-0.05, 0) is 56.0 Å². The first kappa shape index (κ1) is 19.8. The molecule has 2 aromatic heterocycles. The fourth-order valence-electron chi connectivity index (χ4n) is 4.10. The molecule has 1 amide bonds. The first-order chi connectivity index (χ1) is 15.1. The van der Waals surface area contributed by atoms with Gasteiger partial charge in [0.2, 0.25) is 5.16 Å². The molecule has 3 heterocycles. The number of aryl methyl sites for hydroxylation is 3. The van der Waals surface area contributed by atoms with Crippen LogP contribution in [0.15, 0.2) is 59.8 Å². The number of hydrogen-bond acceptors (Lipinski definition) is 5. The molecule has 6 nitrogen and oxygen atoms in total. The molecule has 7 heteroatoms. The molecule has 4 aromatic rings. The Morgan fingerprint density at radius 2 is 1.87 bits per heavy atom. The summed E-state index contributed by atoms with van der Waals surface area (Å²) in [5.41, 5.74) is 5.91. The molecule has 0 radical (unpaired) electrons. The van der Waals surface area contributed by atoms with Gasteiger partial charge in [-0.25, -0.2) is 9.50 Å². The van der Waals surface area contributed by atoms with Crippen molar-refractivity contribution in [1.29, 1.82) is 0 Å². The van der Waals surface area contributed by atoms with Gasteiger partial charge in [0.15, 0.2) is 0 Å². The molecule has 2 aromatic carbocycles. The van der Waals surface area contributed by atoms with E-state index in [4.69, 9.17) is 0 Å². The number of carbonyl (C=O) groups excluding carboxylic acids is 1. The Kier molecular flexibility index (Phi) is 5.19. The predicted molar refractivity (Wildman–Crippen MR) is 123 cm³/mol. The minimum Gasteiger partial charge on any atom is -0.308 e. The molecule has 1 aliphatic heterocycles. The van der Waals surface area contributed by atoms with E-state index in [-0.39, 0.29) is 5.91 Å². The standard InChI is InChI=1S/C24H23N5OS/c1-16-14-17(2)29-23(25-16)26-24(27-29)31-15-19-9-3-5-11-20(19)22(30)28-13-7-10-18-8-4-6-12-21(18)28/h3-6,8-9,11-12,14H,7,10,13,15H2,1-2H3. The number of benzene rings is 2. The average Bonchev–Trinajstić information content (AvgIpc) is 3.20. The Morgan fingerprint density at radius 3 is 2.77 bits per heavy atom. The van der Waals surface area contributed by atoms with E-state index >= 15 is 0 Å². The van der Waals surface area contributed by atoms with Gasteiger partial charge in [0.1, 0.15) is 0 Å². The third-order valence-electron chi connectivity index (χ3n) is 5.56. The van der Waals surface area contributed by atoms with E-state index in [2.05, 4.69) is 21.1 Å². The highest BCUT2D eigenvalue weighted by atomic mass is 32.2. The Bertz CT molecular complexity index is 1280.